The van der Waals surface area contributed by atoms with Gasteiger partial charge in [0, 0.05) is 30.6 Å². The van der Waals surface area contributed by atoms with E-state index in [-0.39, 0.29) is 23.0 Å². The number of rotatable bonds is 6. The molecule has 3 rings (SSSR count). The lowest BCUT2D eigenvalue weighted by Crippen LogP contribution is -2.46. The topological polar surface area (TPSA) is 32.3 Å². The smallest absolute Gasteiger partial charge is 0.233 e. The fraction of sp³-hybridized carbons (Fsp3) is 0.381. The minimum atomic E-state index is -0.311. The quantitative estimate of drug-likeness (QED) is 0.775. The van der Waals surface area contributed by atoms with Gasteiger partial charge in [-0.15, -0.1) is 11.8 Å². The number of hydrogen-bond donors (Lipinski definition) is 1. The average molecular weight is 373 g/mol. The number of carbonyl (C=O) groups excluding carboxylic acids is 1. The maximum absolute atomic E-state index is 13.7. The molecule has 1 N–H and O–H groups in total. The zero-order valence-corrected chi connectivity index (χ0v) is 15.8. The number of nitrogens with zero attached hydrogens (tertiary/aromatic N) is 1. The summed E-state index contributed by atoms with van der Waals surface area (Å²) in [5, 5.41) is 2.82. The van der Waals surface area contributed by atoms with Crippen molar-refractivity contribution in [2.75, 3.05) is 13.1 Å². The van der Waals surface area contributed by atoms with Crippen LogP contribution in [-0.4, -0.2) is 35.2 Å². The zero-order valence-electron chi connectivity index (χ0n) is 15.0. The van der Waals surface area contributed by atoms with E-state index < -0.39 is 0 Å². The molecule has 0 aliphatic carbocycles. The van der Waals surface area contributed by atoms with E-state index in [9.17, 15) is 9.18 Å². The van der Waals surface area contributed by atoms with E-state index in [0.717, 1.165) is 32.5 Å². The van der Waals surface area contributed by atoms with Crippen molar-refractivity contribution in [1.82, 2.24) is 10.2 Å². The predicted molar refractivity (Wildman–Crippen MR) is 105 cm³/mol. The Morgan fingerprint density at radius 1 is 1.15 bits per heavy atom. The number of hydrogen-bond acceptors (Lipinski definition) is 3. The van der Waals surface area contributed by atoms with Crippen molar-refractivity contribution in [2.45, 2.75) is 42.5 Å². The molecule has 0 radical (unpaired) electrons. The Labute approximate surface area is 159 Å². The highest BCUT2D eigenvalue weighted by molar-refractivity contribution is 8.00. The maximum Gasteiger partial charge on any atom is 0.233 e. The van der Waals surface area contributed by atoms with Crippen molar-refractivity contribution in [1.29, 1.82) is 0 Å². The lowest BCUT2D eigenvalue weighted by molar-refractivity contribution is -0.121. The van der Waals surface area contributed by atoms with Gasteiger partial charge in [-0.25, -0.2) is 4.39 Å². The van der Waals surface area contributed by atoms with E-state index in [1.54, 1.807) is 18.2 Å². The monoisotopic (exact) mass is 372 g/mol. The van der Waals surface area contributed by atoms with Crippen LogP contribution in [0.3, 0.4) is 0 Å². The molecule has 5 heteroatoms. The third-order valence-corrected chi connectivity index (χ3v) is 5.85. The van der Waals surface area contributed by atoms with Crippen molar-refractivity contribution in [3.8, 4) is 0 Å². The third-order valence-electron chi connectivity index (χ3n) is 4.69. The van der Waals surface area contributed by atoms with Gasteiger partial charge in [0.1, 0.15) is 5.82 Å². The SMILES string of the molecule is C[C@@H](Sc1ccccc1F)C(=O)NC1CCN(Cc2ccccc2)CC1. The number of benzene rings is 2. The molecule has 2 aromatic rings. The first-order valence-electron chi connectivity index (χ1n) is 9.09. The Balaban J connectivity index is 1.43. The fourth-order valence-corrected chi connectivity index (χ4v) is 4.07. The highest BCUT2D eigenvalue weighted by atomic mass is 32.2. The summed E-state index contributed by atoms with van der Waals surface area (Å²) in [5.74, 6) is -0.286. The lowest BCUT2D eigenvalue weighted by atomic mass is 10.0. The normalized spacial score (nSPS) is 17.0. The van der Waals surface area contributed by atoms with Crippen LogP contribution in [0.15, 0.2) is 59.5 Å². The Morgan fingerprint density at radius 3 is 2.50 bits per heavy atom. The minimum Gasteiger partial charge on any atom is -0.352 e. The molecule has 0 spiro atoms. The van der Waals surface area contributed by atoms with Gasteiger partial charge in [0.25, 0.3) is 0 Å². The molecule has 0 saturated carbocycles. The van der Waals surface area contributed by atoms with E-state index >= 15 is 0 Å². The molecule has 26 heavy (non-hydrogen) atoms. The number of nitrogens with one attached hydrogen (secondary N) is 1. The molecule has 2 aromatic carbocycles. The van der Waals surface area contributed by atoms with Crippen LogP contribution in [0.4, 0.5) is 4.39 Å². The second-order valence-corrected chi connectivity index (χ2v) is 8.12. The minimum absolute atomic E-state index is 0.0141. The summed E-state index contributed by atoms with van der Waals surface area (Å²) in [6.45, 7) is 4.75. The van der Waals surface area contributed by atoms with Gasteiger partial charge in [-0.3, -0.25) is 9.69 Å². The van der Waals surface area contributed by atoms with E-state index in [2.05, 4.69) is 34.5 Å². The van der Waals surface area contributed by atoms with Crippen LogP contribution >= 0.6 is 11.8 Å². The molecule has 0 aromatic heterocycles. The molecular formula is C21H25FN2OS. The Kier molecular flexibility index (Phi) is 6.69. The third kappa shape index (κ3) is 5.32. The molecule has 0 bridgehead atoms. The molecule has 1 atom stereocenters. The summed E-state index contributed by atoms with van der Waals surface area (Å²) in [5.41, 5.74) is 1.32. The molecule has 3 nitrogen and oxygen atoms in total. The Hall–Kier alpha value is -1.85. The standard InChI is InChI=1S/C21H25FN2OS/c1-16(26-20-10-6-5-9-19(20)22)21(25)23-18-11-13-24(14-12-18)15-17-7-3-2-4-8-17/h2-10,16,18H,11-15H2,1H3,(H,23,25)/t16-/m1/s1. The van der Waals surface area contributed by atoms with Crippen LogP contribution in [0.2, 0.25) is 0 Å². The van der Waals surface area contributed by atoms with Crippen molar-refractivity contribution in [3.05, 3.63) is 66.0 Å². The van der Waals surface area contributed by atoms with Gasteiger partial charge in [-0.2, -0.15) is 0 Å². The molecule has 1 saturated heterocycles. The van der Waals surface area contributed by atoms with Gasteiger partial charge in [-0.05, 0) is 37.5 Å². The Morgan fingerprint density at radius 2 is 1.81 bits per heavy atom. The van der Waals surface area contributed by atoms with Crippen molar-refractivity contribution in [3.63, 3.8) is 0 Å². The van der Waals surface area contributed by atoms with Crippen molar-refractivity contribution in [2.24, 2.45) is 0 Å². The lowest BCUT2D eigenvalue weighted by Gasteiger charge is -2.32. The summed E-state index contributed by atoms with van der Waals surface area (Å²) in [6.07, 6.45) is 1.91. The van der Waals surface area contributed by atoms with Crippen LogP contribution in [-0.2, 0) is 11.3 Å². The summed E-state index contributed by atoms with van der Waals surface area (Å²) in [6, 6.07) is 17.3. The summed E-state index contributed by atoms with van der Waals surface area (Å²) in [7, 11) is 0. The first-order valence-corrected chi connectivity index (χ1v) is 9.97. The van der Waals surface area contributed by atoms with E-state index in [0.29, 0.717) is 4.90 Å². The average Bonchev–Trinajstić information content (AvgIpc) is 2.66. The van der Waals surface area contributed by atoms with Gasteiger partial charge in [-0.1, -0.05) is 42.5 Å². The van der Waals surface area contributed by atoms with Gasteiger partial charge < -0.3 is 5.32 Å². The van der Waals surface area contributed by atoms with Crippen LogP contribution < -0.4 is 5.32 Å². The largest absolute Gasteiger partial charge is 0.352 e. The fourth-order valence-electron chi connectivity index (χ4n) is 3.18. The maximum atomic E-state index is 13.7. The van der Waals surface area contributed by atoms with Crippen LogP contribution in [0.1, 0.15) is 25.3 Å². The van der Waals surface area contributed by atoms with Crippen molar-refractivity contribution < 1.29 is 9.18 Å². The van der Waals surface area contributed by atoms with Crippen LogP contribution in [0, 0.1) is 5.82 Å². The zero-order chi connectivity index (χ0) is 18.4. The predicted octanol–water partition coefficient (Wildman–Crippen LogP) is 4.09. The molecule has 0 unspecified atom stereocenters. The van der Waals surface area contributed by atoms with Gasteiger partial charge in [0.15, 0.2) is 0 Å². The summed E-state index contributed by atoms with van der Waals surface area (Å²) < 4.78 is 13.7. The Bertz CT molecular complexity index is 717. The van der Waals surface area contributed by atoms with Gasteiger partial charge >= 0.3 is 0 Å². The molecular weight excluding hydrogens is 347 g/mol. The second-order valence-electron chi connectivity index (χ2n) is 6.74. The highest BCUT2D eigenvalue weighted by Gasteiger charge is 2.23. The van der Waals surface area contributed by atoms with E-state index in [1.165, 1.54) is 23.4 Å². The number of halogens is 1. The summed E-state index contributed by atoms with van der Waals surface area (Å²) >= 11 is 1.27. The van der Waals surface area contributed by atoms with Crippen molar-refractivity contribution >= 4 is 17.7 Å². The number of thioether (sulfide) groups is 1. The van der Waals surface area contributed by atoms with Crippen LogP contribution in [0.25, 0.3) is 0 Å². The highest BCUT2D eigenvalue weighted by Crippen LogP contribution is 2.26. The molecule has 1 heterocycles. The first-order chi connectivity index (χ1) is 12.6. The number of likely N-dealkylation sites (tertiary alicyclic amines) is 1. The molecule has 138 valence electrons. The van der Waals surface area contributed by atoms with E-state index in [4.69, 9.17) is 0 Å². The number of amides is 1. The summed E-state index contributed by atoms with van der Waals surface area (Å²) in [4.78, 5) is 15.4. The number of piperidine rings is 1. The van der Waals surface area contributed by atoms with Crippen LogP contribution in [0.5, 0.6) is 0 Å². The molecule has 1 amide bonds. The number of carbonyl (C=O) groups is 1. The molecule has 1 aliphatic rings. The molecule has 1 fully saturated rings. The molecule has 1 aliphatic heterocycles. The van der Waals surface area contributed by atoms with Gasteiger partial charge in [0.2, 0.25) is 5.91 Å². The van der Waals surface area contributed by atoms with Gasteiger partial charge in [0.05, 0.1) is 5.25 Å². The second kappa shape index (κ2) is 9.19. The first kappa shape index (κ1) is 18.9. The van der Waals surface area contributed by atoms with E-state index in [1.807, 2.05) is 13.0 Å².